The van der Waals surface area contributed by atoms with Gasteiger partial charge in [-0.3, -0.25) is 0 Å². The third-order valence-corrected chi connectivity index (χ3v) is 3.23. The lowest BCUT2D eigenvalue weighted by molar-refractivity contribution is 0.119. The molecule has 0 radical (unpaired) electrons. The number of imidazole rings is 1. The van der Waals surface area contributed by atoms with Crippen molar-refractivity contribution in [2.75, 3.05) is 40.4 Å². The third kappa shape index (κ3) is 4.03. The van der Waals surface area contributed by atoms with Crippen molar-refractivity contribution in [1.29, 1.82) is 0 Å². The molecule has 2 aromatic heterocycles. The summed E-state index contributed by atoms with van der Waals surface area (Å²) in [7, 11) is 4.10. The normalized spacial score (nSPS) is 11.6. The highest BCUT2D eigenvalue weighted by molar-refractivity contribution is 5.42. The highest BCUT2D eigenvalue weighted by Gasteiger charge is 2.06. The number of hydrogen-bond acceptors (Lipinski definition) is 4. The smallest absolute Gasteiger partial charge is 0.137 e. The summed E-state index contributed by atoms with van der Waals surface area (Å²) in [6, 6.07) is 6.07. The Hall–Kier alpha value is -1.43. The molecule has 110 valence electrons. The Morgan fingerprint density at radius 1 is 1.30 bits per heavy atom. The van der Waals surface area contributed by atoms with Gasteiger partial charge in [0.15, 0.2) is 0 Å². The SMILES string of the molecule is Cc1nc2ccccn2c1CNCCOCCN(C)C. The van der Waals surface area contributed by atoms with Gasteiger partial charge in [-0.15, -0.1) is 0 Å². The Morgan fingerprint density at radius 2 is 2.15 bits per heavy atom. The predicted octanol–water partition coefficient (Wildman–Crippen LogP) is 1.31. The van der Waals surface area contributed by atoms with Crippen LogP contribution in [0.1, 0.15) is 11.4 Å². The average molecular weight is 276 g/mol. The maximum absolute atomic E-state index is 5.56. The maximum atomic E-state index is 5.56. The third-order valence-electron chi connectivity index (χ3n) is 3.23. The number of nitrogens with zero attached hydrogens (tertiary/aromatic N) is 3. The lowest BCUT2D eigenvalue weighted by atomic mass is 10.3. The number of fused-ring (bicyclic) bond motifs is 1. The van der Waals surface area contributed by atoms with Crippen molar-refractivity contribution in [1.82, 2.24) is 19.6 Å². The molecule has 0 amide bonds. The van der Waals surface area contributed by atoms with Crippen LogP contribution in [0.5, 0.6) is 0 Å². The Morgan fingerprint density at radius 3 is 2.95 bits per heavy atom. The number of aromatic nitrogens is 2. The van der Waals surface area contributed by atoms with Crippen LogP contribution in [-0.2, 0) is 11.3 Å². The average Bonchev–Trinajstić information content (AvgIpc) is 2.73. The number of hydrogen-bond donors (Lipinski definition) is 1. The fourth-order valence-corrected chi connectivity index (χ4v) is 2.08. The van der Waals surface area contributed by atoms with Gasteiger partial charge in [0.2, 0.25) is 0 Å². The highest BCUT2D eigenvalue weighted by Crippen LogP contribution is 2.10. The van der Waals surface area contributed by atoms with E-state index in [2.05, 4.69) is 46.8 Å². The van der Waals surface area contributed by atoms with E-state index < -0.39 is 0 Å². The highest BCUT2D eigenvalue weighted by atomic mass is 16.5. The van der Waals surface area contributed by atoms with Crippen LogP contribution in [0.4, 0.5) is 0 Å². The lowest BCUT2D eigenvalue weighted by Crippen LogP contribution is -2.23. The van der Waals surface area contributed by atoms with Gasteiger partial charge < -0.3 is 19.4 Å². The molecule has 0 fully saturated rings. The molecule has 0 aliphatic heterocycles. The molecule has 5 heteroatoms. The number of aryl methyl sites for hydroxylation is 1. The van der Waals surface area contributed by atoms with E-state index in [-0.39, 0.29) is 0 Å². The summed E-state index contributed by atoms with van der Waals surface area (Å²) in [6.07, 6.45) is 2.06. The molecule has 0 unspecified atom stereocenters. The fraction of sp³-hybridized carbons (Fsp3) is 0.533. The summed E-state index contributed by atoms with van der Waals surface area (Å²) in [6.45, 7) is 6.21. The van der Waals surface area contributed by atoms with Crippen molar-refractivity contribution < 1.29 is 4.74 Å². The van der Waals surface area contributed by atoms with E-state index in [0.717, 1.165) is 44.2 Å². The minimum atomic E-state index is 0.740. The van der Waals surface area contributed by atoms with Gasteiger partial charge in [0.1, 0.15) is 5.65 Å². The van der Waals surface area contributed by atoms with Gasteiger partial charge in [0.05, 0.1) is 24.6 Å². The monoisotopic (exact) mass is 276 g/mol. The van der Waals surface area contributed by atoms with E-state index >= 15 is 0 Å². The van der Waals surface area contributed by atoms with Crippen molar-refractivity contribution >= 4 is 5.65 Å². The number of ether oxygens (including phenoxy) is 1. The Bertz CT molecular complexity index is 536. The largest absolute Gasteiger partial charge is 0.379 e. The van der Waals surface area contributed by atoms with Crippen LogP contribution >= 0.6 is 0 Å². The molecule has 20 heavy (non-hydrogen) atoms. The van der Waals surface area contributed by atoms with Crippen LogP contribution in [-0.4, -0.2) is 54.7 Å². The quantitative estimate of drug-likeness (QED) is 0.738. The van der Waals surface area contributed by atoms with Crippen LogP contribution in [0, 0.1) is 6.92 Å². The van der Waals surface area contributed by atoms with E-state index in [1.807, 2.05) is 18.2 Å². The molecule has 0 aromatic carbocycles. The van der Waals surface area contributed by atoms with Gasteiger partial charge >= 0.3 is 0 Å². The van der Waals surface area contributed by atoms with Gasteiger partial charge in [0, 0.05) is 25.8 Å². The van der Waals surface area contributed by atoms with E-state index in [9.17, 15) is 0 Å². The molecule has 5 nitrogen and oxygen atoms in total. The standard InChI is InChI=1S/C15H24N4O/c1-13-14(19-8-5-4-6-15(19)17-13)12-16-7-10-20-11-9-18(2)3/h4-6,8,16H,7,9-12H2,1-3H3. The predicted molar refractivity (Wildman–Crippen MR) is 81.0 cm³/mol. The summed E-state index contributed by atoms with van der Waals surface area (Å²) >= 11 is 0. The first-order valence-electron chi connectivity index (χ1n) is 7.04. The van der Waals surface area contributed by atoms with E-state index in [1.165, 1.54) is 5.69 Å². The Kier molecular flexibility index (Phi) is 5.52. The summed E-state index contributed by atoms with van der Waals surface area (Å²) in [5.74, 6) is 0. The van der Waals surface area contributed by atoms with Gasteiger partial charge in [0.25, 0.3) is 0 Å². The molecule has 0 saturated heterocycles. The van der Waals surface area contributed by atoms with E-state index in [0.29, 0.717) is 0 Å². The Labute approximate surface area is 120 Å². The van der Waals surface area contributed by atoms with E-state index in [1.54, 1.807) is 0 Å². The first-order valence-corrected chi connectivity index (χ1v) is 7.04. The zero-order chi connectivity index (χ0) is 14.4. The van der Waals surface area contributed by atoms with Gasteiger partial charge in [-0.05, 0) is 33.2 Å². The first-order chi connectivity index (χ1) is 9.68. The number of pyridine rings is 1. The number of rotatable bonds is 8. The minimum Gasteiger partial charge on any atom is -0.379 e. The second-order valence-corrected chi connectivity index (χ2v) is 5.17. The molecule has 0 saturated carbocycles. The molecular weight excluding hydrogens is 252 g/mol. The fourth-order valence-electron chi connectivity index (χ4n) is 2.08. The van der Waals surface area contributed by atoms with Crippen molar-refractivity contribution in [3.05, 3.63) is 35.8 Å². The Balaban J connectivity index is 1.75. The molecule has 0 aliphatic carbocycles. The summed E-state index contributed by atoms with van der Waals surface area (Å²) < 4.78 is 7.69. The molecule has 2 heterocycles. The van der Waals surface area contributed by atoms with Crippen molar-refractivity contribution in [3.63, 3.8) is 0 Å². The van der Waals surface area contributed by atoms with Crippen molar-refractivity contribution in [3.8, 4) is 0 Å². The molecule has 2 rings (SSSR count). The van der Waals surface area contributed by atoms with Crippen molar-refractivity contribution in [2.24, 2.45) is 0 Å². The second kappa shape index (κ2) is 7.38. The molecule has 2 aromatic rings. The number of nitrogens with one attached hydrogen (secondary N) is 1. The summed E-state index contributed by atoms with van der Waals surface area (Å²) in [4.78, 5) is 6.67. The van der Waals surface area contributed by atoms with Gasteiger partial charge in [-0.1, -0.05) is 6.07 Å². The second-order valence-electron chi connectivity index (χ2n) is 5.17. The zero-order valence-corrected chi connectivity index (χ0v) is 12.6. The van der Waals surface area contributed by atoms with Crippen LogP contribution < -0.4 is 5.32 Å². The van der Waals surface area contributed by atoms with Crippen LogP contribution in [0.2, 0.25) is 0 Å². The summed E-state index contributed by atoms with van der Waals surface area (Å²) in [5.41, 5.74) is 3.30. The van der Waals surface area contributed by atoms with Crippen molar-refractivity contribution in [2.45, 2.75) is 13.5 Å². The molecule has 1 N–H and O–H groups in total. The van der Waals surface area contributed by atoms with E-state index in [4.69, 9.17) is 4.74 Å². The van der Waals surface area contributed by atoms with Crippen LogP contribution in [0.25, 0.3) is 5.65 Å². The molecule has 0 aliphatic rings. The van der Waals surface area contributed by atoms with Crippen LogP contribution in [0.3, 0.4) is 0 Å². The molecular formula is C15H24N4O. The molecule has 0 bridgehead atoms. The topological polar surface area (TPSA) is 41.8 Å². The molecule has 0 spiro atoms. The minimum absolute atomic E-state index is 0.740. The lowest BCUT2D eigenvalue weighted by Gasteiger charge is -2.10. The maximum Gasteiger partial charge on any atom is 0.137 e. The van der Waals surface area contributed by atoms with Gasteiger partial charge in [-0.25, -0.2) is 4.98 Å². The summed E-state index contributed by atoms with van der Waals surface area (Å²) in [5, 5.41) is 3.41. The zero-order valence-electron chi connectivity index (χ0n) is 12.6. The van der Waals surface area contributed by atoms with Crippen LogP contribution in [0.15, 0.2) is 24.4 Å². The van der Waals surface area contributed by atoms with Gasteiger partial charge in [-0.2, -0.15) is 0 Å². The number of likely N-dealkylation sites (N-methyl/N-ethyl adjacent to an activating group) is 1. The molecule has 0 atom stereocenters. The first kappa shape index (κ1) is 15.0.